The van der Waals surface area contributed by atoms with Gasteiger partial charge in [-0.2, -0.15) is 0 Å². The second-order valence-corrected chi connectivity index (χ2v) is 10.9. The Morgan fingerprint density at radius 2 is 1.53 bits per heavy atom. The van der Waals surface area contributed by atoms with Gasteiger partial charge < -0.3 is 10.1 Å². The minimum Gasteiger partial charge on any atom is -0.481 e. The largest absolute Gasteiger partial charge is 0.481 e. The highest BCUT2D eigenvalue weighted by Gasteiger charge is 2.18. The average Bonchev–Trinajstić information content (AvgIpc) is 2.80. The van der Waals surface area contributed by atoms with Crippen LogP contribution in [0.25, 0.3) is 0 Å². The van der Waals surface area contributed by atoms with Crippen molar-refractivity contribution in [3.63, 3.8) is 0 Å². The standard InChI is InChI=1S/C27H32N2O4S/c1-20(33-24-14-10-22(11-15-24)27(2,3)4)26(30)29-23-12-16-25(17-13-23)34(31,32)28-19-18-21-8-6-5-7-9-21/h5-17,20,28H,18-19H2,1-4H3,(H,29,30). The molecular formula is C27H32N2O4S. The van der Waals surface area contributed by atoms with Crippen LogP contribution in [0.2, 0.25) is 0 Å². The molecule has 3 rings (SSSR count). The predicted molar refractivity (Wildman–Crippen MR) is 136 cm³/mol. The van der Waals surface area contributed by atoms with Gasteiger partial charge in [-0.05, 0) is 66.3 Å². The van der Waals surface area contributed by atoms with E-state index < -0.39 is 16.1 Å². The highest BCUT2D eigenvalue weighted by molar-refractivity contribution is 7.89. The lowest BCUT2D eigenvalue weighted by atomic mass is 9.87. The van der Waals surface area contributed by atoms with E-state index in [9.17, 15) is 13.2 Å². The zero-order valence-corrected chi connectivity index (χ0v) is 20.9. The van der Waals surface area contributed by atoms with Crippen LogP contribution >= 0.6 is 0 Å². The van der Waals surface area contributed by atoms with Gasteiger partial charge in [0.15, 0.2) is 6.10 Å². The molecule has 0 aliphatic heterocycles. The summed E-state index contributed by atoms with van der Waals surface area (Å²) in [5, 5.41) is 2.76. The molecule has 0 saturated heterocycles. The normalized spacial score (nSPS) is 12.7. The predicted octanol–water partition coefficient (Wildman–Crippen LogP) is 4.91. The van der Waals surface area contributed by atoms with E-state index in [-0.39, 0.29) is 16.2 Å². The van der Waals surface area contributed by atoms with Gasteiger partial charge in [0.2, 0.25) is 10.0 Å². The zero-order valence-electron chi connectivity index (χ0n) is 20.0. The number of hydrogen-bond donors (Lipinski definition) is 2. The summed E-state index contributed by atoms with van der Waals surface area (Å²) in [5.41, 5.74) is 2.77. The van der Waals surface area contributed by atoms with Crippen LogP contribution in [0.4, 0.5) is 5.69 Å². The molecule has 1 atom stereocenters. The first-order valence-corrected chi connectivity index (χ1v) is 12.7. The first kappa shape index (κ1) is 25.5. The summed E-state index contributed by atoms with van der Waals surface area (Å²) in [5.74, 6) is 0.287. The van der Waals surface area contributed by atoms with E-state index in [1.807, 2.05) is 54.6 Å². The van der Waals surface area contributed by atoms with Crippen LogP contribution in [0.1, 0.15) is 38.8 Å². The van der Waals surface area contributed by atoms with Crippen molar-refractivity contribution < 1.29 is 17.9 Å². The zero-order chi connectivity index (χ0) is 24.8. The van der Waals surface area contributed by atoms with Crippen LogP contribution < -0.4 is 14.8 Å². The lowest BCUT2D eigenvalue weighted by Gasteiger charge is -2.20. The molecule has 0 radical (unpaired) electrons. The fourth-order valence-electron chi connectivity index (χ4n) is 3.31. The molecule has 2 N–H and O–H groups in total. The summed E-state index contributed by atoms with van der Waals surface area (Å²) in [6, 6.07) is 23.4. The molecule has 7 heteroatoms. The van der Waals surface area contributed by atoms with Crippen LogP contribution in [0.5, 0.6) is 5.75 Å². The maximum atomic E-state index is 12.5. The van der Waals surface area contributed by atoms with Crippen molar-refractivity contribution in [1.29, 1.82) is 0 Å². The number of sulfonamides is 1. The topological polar surface area (TPSA) is 84.5 Å². The Kier molecular flexibility index (Phi) is 8.12. The third-order valence-electron chi connectivity index (χ3n) is 5.38. The Balaban J connectivity index is 1.53. The molecule has 1 unspecified atom stereocenters. The Morgan fingerprint density at radius 1 is 0.912 bits per heavy atom. The third-order valence-corrected chi connectivity index (χ3v) is 6.86. The SMILES string of the molecule is CC(Oc1ccc(C(C)(C)C)cc1)C(=O)Nc1ccc(S(=O)(=O)NCCc2ccccc2)cc1. The summed E-state index contributed by atoms with van der Waals surface area (Å²) in [7, 11) is -3.63. The van der Waals surface area contributed by atoms with Crippen molar-refractivity contribution in [1.82, 2.24) is 4.72 Å². The van der Waals surface area contributed by atoms with Gasteiger partial charge in [0, 0.05) is 12.2 Å². The summed E-state index contributed by atoms with van der Waals surface area (Å²) in [6.07, 6.45) is -0.117. The van der Waals surface area contributed by atoms with E-state index in [4.69, 9.17) is 4.74 Å². The molecule has 180 valence electrons. The van der Waals surface area contributed by atoms with E-state index >= 15 is 0 Å². The van der Waals surface area contributed by atoms with Crippen molar-refractivity contribution in [2.75, 3.05) is 11.9 Å². The van der Waals surface area contributed by atoms with Gasteiger partial charge in [-0.1, -0.05) is 63.2 Å². The van der Waals surface area contributed by atoms with Crippen molar-refractivity contribution in [2.24, 2.45) is 0 Å². The highest BCUT2D eigenvalue weighted by Crippen LogP contribution is 2.25. The van der Waals surface area contributed by atoms with Gasteiger partial charge in [0.1, 0.15) is 5.75 Å². The molecule has 6 nitrogen and oxygen atoms in total. The van der Waals surface area contributed by atoms with Crippen molar-refractivity contribution in [3.05, 3.63) is 90.0 Å². The molecule has 0 saturated carbocycles. The van der Waals surface area contributed by atoms with Crippen LogP contribution in [0.15, 0.2) is 83.8 Å². The summed E-state index contributed by atoms with van der Waals surface area (Å²) in [4.78, 5) is 12.7. The number of hydrogen-bond acceptors (Lipinski definition) is 4. The van der Waals surface area contributed by atoms with Crippen LogP contribution in [0, 0.1) is 0 Å². The van der Waals surface area contributed by atoms with Gasteiger partial charge in [0.05, 0.1) is 4.90 Å². The molecule has 0 aliphatic carbocycles. The van der Waals surface area contributed by atoms with Crippen molar-refractivity contribution in [2.45, 2.75) is 50.5 Å². The molecule has 1 amide bonds. The van der Waals surface area contributed by atoms with Gasteiger partial charge in [0.25, 0.3) is 5.91 Å². The minimum atomic E-state index is -3.63. The summed E-state index contributed by atoms with van der Waals surface area (Å²) in [6.45, 7) is 8.38. The quantitative estimate of drug-likeness (QED) is 0.456. The second kappa shape index (κ2) is 10.8. The smallest absolute Gasteiger partial charge is 0.265 e. The molecule has 0 heterocycles. The number of carbonyl (C=O) groups is 1. The molecule has 34 heavy (non-hydrogen) atoms. The Labute approximate surface area is 202 Å². The highest BCUT2D eigenvalue weighted by atomic mass is 32.2. The number of amides is 1. The van der Waals surface area contributed by atoms with Gasteiger partial charge in [-0.3, -0.25) is 4.79 Å². The fraction of sp³-hybridized carbons (Fsp3) is 0.296. The number of carbonyl (C=O) groups excluding carboxylic acids is 1. The minimum absolute atomic E-state index is 0.0403. The van der Waals surface area contributed by atoms with Crippen molar-refractivity contribution in [3.8, 4) is 5.75 Å². The van der Waals surface area contributed by atoms with Crippen molar-refractivity contribution >= 4 is 21.6 Å². The van der Waals surface area contributed by atoms with Gasteiger partial charge >= 0.3 is 0 Å². The van der Waals surface area contributed by atoms with Gasteiger partial charge in [-0.25, -0.2) is 13.1 Å². The monoisotopic (exact) mass is 480 g/mol. The molecule has 0 spiro atoms. The number of rotatable bonds is 9. The molecule has 3 aromatic rings. The maximum Gasteiger partial charge on any atom is 0.265 e. The van der Waals surface area contributed by atoms with Gasteiger partial charge in [-0.15, -0.1) is 0 Å². The maximum absolute atomic E-state index is 12.5. The van der Waals surface area contributed by atoms with E-state index in [1.54, 1.807) is 19.1 Å². The number of nitrogens with one attached hydrogen (secondary N) is 2. The Hall–Kier alpha value is -3.16. The average molecular weight is 481 g/mol. The molecule has 0 fully saturated rings. The van der Waals surface area contributed by atoms with Crippen LogP contribution in [-0.2, 0) is 26.7 Å². The van der Waals surface area contributed by atoms with Crippen LogP contribution in [-0.4, -0.2) is 27.0 Å². The Morgan fingerprint density at radius 3 is 2.12 bits per heavy atom. The number of benzene rings is 3. The first-order valence-electron chi connectivity index (χ1n) is 11.3. The van der Waals surface area contributed by atoms with E-state index in [0.29, 0.717) is 24.4 Å². The molecule has 0 bridgehead atoms. The molecule has 3 aromatic carbocycles. The first-order chi connectivity index (χ1) is 16.0. The number of anilines is 1. The summed E-state index contributed by atoms with van der Waals surface area (Å²) >= 11 is 0. The van der Waals surface area contributed by atoms with Crippen LogP contribution in [0.3, 0.4) is 0 Å². The fourth-order valence-corrected chi connectivity index (χ4v) is 4.34. The second-order valence-electron chi connectivity index (χ2n) is 9.18. The van der Waals surface area contributed by atoms with E-state index in [2.05, 4.69) is 30.8 Å². The molecule has 0 aliphatic rings. The lowest BCUT2D eigenvalue weighted by molar-refractivity contribution is -0.122. The third kappa shape index (κ3) is 7.17. The molecular weight excluding hydrogens is 448 g/mol. The molecule has 0 aromatic heterocycles. The lowest BCUT2D eigenvalue weighted by Crippen LogP contribution is -2.30. The number of ether oxygens (including phenoxy) is 1. The van der Waals surface area contributed by atoms with E-state index in [1.165, 1.54) is 17.7 Å². The van der Waals surface area contributed by atoms with E-state index in [0.717, 1.165) is 5.56 Å². The Bertz CT molecular complexity index is 1180. The summed E-state index contributed by atoms with van der Waals surface area (Å²) < 4.78 is 33.4.